The van der Waals surface area contributed by atoms with Gasteiger partial charge in [0.1, 0.15) is 12.2 Å². The molecule has 0 aliphatic heterocycles. The Morgan fingerprint density at radius 1 is 1.61 bits per heavy atom. The second kappa shape index (κ2) is 5.95. The number of carboxylic acids is 1. The van der Waals surface area contributed by atoms with Crippen LogP contribution in [0.25, 0.3) is 0 Å². The molecule has 18 heavy (non-hydrogen) atoms. The number of carbonyl (C=O) groups is 1. The molecule has 102 valence electrons. The Hall–Kier alpha value is -1.43. The third kappa shape index (κ3) is 2.69. The number of rotatable bonds is 7. The Morgan fingerprint density at radius 2 is 2.28 bits per heavy atom. The van der Waals surface area contributed by atoms with Crippen molar-refractivity contribution in [2.45, 2.75) is 40.2 Å². The van der Waals surface area contributed by atoms with Crippen molar-refractivity contribution < 1.29 is 9.90 Å². The average molecular weight is 254 g/mol. The average Bonchev–Trinajstić information content (AvgIpc) is 2.73. The highest BCUT2D eigenvalue weighted by atomic mass is 16.4. The van der Waals surface area contributed by atoms with Gasteiger partial charge in [0.2, 0.25) is 0 Å². The third-order valence-corrected chi connectivity index (χ3v) is 3.50. The molecule has 1 rings (SSSR count). The van der Waals surface area contributed by atoms with Gasteiger partial charge in [-0.1, -0.05) is 20.8 Å². The molecule has 0 radical (unpaired) electrons. The van der Waals surface area contributed by atoms with Crippen LogP contribution in [-0.4, -0.2) is 32.4 Å². The third-order valence-electron chi connectivity index (χ3n) is 3.50. The van der Waals surface area contributed by atoms with Crippen LogP contribution >= 0.6 is 0 Å². The van der Waals surface area contributed by atoms with Gasteiger partial charge in [-0.05, 0) is 12.3 Å². The van der Waals surface area contributed by atoms with Gasteiger partial charge in [-0.2, -0.15) is 5.10 Å². The SMILES string of the molecule is CCCn1ncnc1CC(CN)(C(=O)O)C(C)C. The van der Waals surface area contributed by atoms with E-state index in [1.165, 1.54) is 6.33 Å². The van der Waals surface area contributed by atoms with Crippen LogP contribution in [0.3, 0.4) is 0 Å². The summed E-state index contributed by atoms with van der Waals surface area (Å²) in [5.41, 5.74) is 4.74. The van der Waals surface area contributed by atoms with Crippen molar-refractivity contribution in [1.82, 2.24) is 14.8 Å². The number of carboxylic acid groups (broad SMARTS) is 1. The molecule has 1 aromatic heterocycles. The van der Waals surface area contributed by atoms with Crippen LogP contribution in [-0.2, 0) is 17.8 Å². The van der Waals surface area contributed by atoms with E-state index < -0.39 is 11.4 Å². The summed E-state index contributed by atoms with van der Waals surface area (Å²) in [6, 6.07) is 0. The minimum absolute atomic E-state index is 0.0632. The second-order valence-electron chi connectivity index (χ2n) is 4.90. The van der Waals surface area contributed by atoms with Crippen molar-refractivity contribution in [3.05, 3.63) is 12.2 Å². The van der Waals surface area contributed by atoms with Gasteiger partial charge in [0.05, 0.1) is 5.41 Å². The van der Waals surface area contributed by atoms with E-state index in [0.717, 1.165) is 13.0 Å². The fourth-order valence-electron chi connectivity index (χ4n) is 2.03. The van der Waals surface area contributed by atoms with E-state index in [1.807, 2.05) is 20.8 Å². The smallest absolute Gasteiger partial charge is 0.311 e. The molecule has 0 aliphatic rings. The van der Waals surface area contributed by atoms with Gasteiger partial charge in [-0.15, -0.1) is 0 Å². The molecular formula is C12H22N4O2. The van der Waals surface area contributed by atoms with Crippen LogP contribution in [0.1, 0.15) is 33.0 Å². The van der Waals surface area contributed by atoms with Gasteiger partial charge < -0.3 is 10.8 Å². The predicted molar refractivity (Wildman–Crippen MR) is 68.0 cm³/mol. The van der Waals surface area contributed by atoms with Gasteiger partial charge in [0.25, 0.3) is 0 Å². The van der Waals surface area contributed by atoms with Crippen molar-refractivity contribution in [2.75, 3.05) is 6.54 Å². The molecule has 0 spiro atoms. The van der Waals surface area contributed by atoms with E-state index in [1.54, 1.807) is 4.68 Å². The van der Waals surface area contributed by atoms with E-state index >= 15 is 0 Å². The predicted octanol–water partition coefficient (Wildman–Crippen LogP) is 0.916. The first kappa shape index (κ1) is 14.6. The van der Waals surface area contributed by atoms with Crippen molar-refractivity contribution in [2.24, 2.45) is 17.1 Å². The minimum atomic E-state index is -0.974. The fourth-order valence-corrected chi connectivity index (χ4v) is 2.03. The Labute approximate surface area is 107 Å². The summed E-state index contributed by atoms with van der Waals surface area (Å²) >= 11 is 0. The second-order valence-corrected chi connectivity index (χ2v) is 4.90. The summed E-state index contributed by atoms with van der Waals surface area (Å²) in [4.78, 5) is 15.7. The molecule has 0 saturated carbocycles. The summed E-state index contributed by atoms with van der Waals surface area (Å²) in [6.07, 6.45) is 2.71. The first-order chi connectivity index (χ1) is 8.47. The van der Waals surface area contributed by atoms with Gasteiger partial charge in [-0.3, -0.25) is 9.48 Å². The Bertz CT molecular complexity index is 403. The Kier molecular flexibility index (Phi) is 4.84. The molecule has 6 nitrogen and oxygen atoms in total. The molecule has 0 aromatic carbocycles. The monoisotopic (exact) mass is 254 g/mol. The maximum atomic E-state index is 11.6. The van der Waals surface area contributed by atoms with Crippen LogP contribution in [0.2, 0.25) is 0 Å². The van der Waals surface area contributed by atoms with Crippen LogP contribution < -0.4 is 5.73 Å². The zero-order valence-electron chi connectivity index (χ0n) is 11.3. The van der Waals surface area contributed by atoms with E-state index in [9.17, 15) is 9.90 Å². The van der Waals surface area contributed by atoms with Crippen molar-refractivity contribution >= 4 is 5.97 Å². The Morgan fingerprint density at radius 3 is 2.72 bits per heavy atom. The van der Waals surface area contributed by atoms with E-state index in [0.29, 0.717) is 12.2 Å². The number of hydrogen-bond donors (Lipinski definition) is 2. The number of aryl methyl sites for hydroxylation is 1. The molecule has 3 N–H and O–H groups in total. The van der Waals surface area contributed by atoms with Gasteiger partial charge in [-0.25, -0.2) is 4.98 Å². The van der Waals surface area contributed by atoms with Crippen LogP contribution in [0, 0.1) is 11.3 Å². The van der Waals surface area contributed by atoms with Crippen LogP contribution in [0.5, 0.6) is 0 Å². The summed E-state index contributed by atoms with van der Waals surface area (Å²) in [5.74, 6) is -0.240. The summed E-state index contributed by atoms with van der Waals surface area (Å²) in [5, 5.41) is 13.6. The molecule has 6 heteroatoms. The molecule has 0 amide bonds. The van der Waals surface area contributed by atoms with E-state index in [2.05, 4.69) is 10.1 Å². The Balaban J connectivity index is 3.03. The molecule has 1 unspecified atom stereocenters. The highest BCUT2D eigenvalue weighted by Gasteiger charge is 2.41. The lowest BCUT2D eigenvalue weighted by Crippen LogP contribution is -2.45. The highest BCUT2D eigenvalue weighted by molar-refractivity contribution is 5.75. The number of aromatic nitrogens is 3. The van der Waals surface area contributed by atoms with Crippen molar-refractivity contribution in [3.8, 4) is 0 Å². The van der Waals surface area contributed by atoms with Crippen LogP contribution in [0.15, 0.2) is 6.33 Å². The maximum Gasteiger partial charge on any atom is 0.311 e. The largest absolute Gasteiger partial charge is 0.481 e. The molecule has 0 fully saturated rings. The van der Waals surface area contributed by atoms with E-state index in [4.69, 9.17) is 5.73 Å². The zero-order valence-corrected chi connectivity index (χ0v) is 11.3. The maximum absolute atomic E-state index is 11.6. The molecule has 1 atom stereocenters. The standard InChI is InChI=1S/C12H22N4O2/c1-4-5-16-10(14-8-15-16)6-12(7-13,9(2)3)11(17)18/h8-9H,4-7,13H2,1-3H3,(H,17,18). The first-order valence-electron chi connectivity index (χ1n) is 6.28. The summed E-state index contributed by atoms with van der Waals surface area (Å²) in [6.45, 7) is 6.64. The molecular weight excluding hydrogens is 232 g/mol. The van der Waals surface area contributed by atoms with Gasteiger partial charge in [0.15, 0.2) is 0 Å². The summed E-state index contributed by atoms with van der Waals surface area (Å²) in [7, 11) is 0. The van der Waals surface area contributed by atoms with Gasteiger partial charge >= 0.3 is 5.97 Å². The normalized spacial score (nSPS) is 14.7. The zero-order chi connectivity index (χ0) is 13.8. The minimum Gasteiger partial charge on any atom is -0.481 e. The number of nitrogens with zero attached hydrogens (tertiary/aromatic N) is 3. The van der Waals surface area contributed by atoms with Crippen molar-refractivity contribution in [3.63, 3.8) is 0 Å². The van der Waals surface area contributed by atoms with E-state index in [-0.39, 0.29) is 12.5 Å². The number of aliphatic carboxylic acids is 1. The molecule has 0 saturated heterocycles. The van der Waals surface area contributed by atoms with Crippen LogP contribution in [0.4, 0.5) is 0 Å². The molecule has 1 aromatic rings. The first-order valence-corrected chi connectivity index (χ1v) is 6.28. The topological polar surface area (TPSA) is 94.0 Å². The number of hydrogen-bond acceptors (Lipinski definition) is 4. The molecule has 0 aliphatic carbocycles. The fraction of sp³-hybridized carbons (Fsp3) is 0.750. The lowest BCUT2D eigenvalue weighted by atomic mass is 9.74. The number of nitrogens with two attached hydrogens (primary N) is 1. The summed E-state index contributed by atoms with van der Waals surface area (Å²) < 4.78 is 1.76. The van der Waals surface area contributed by atoms with Crippen molar-refractivity contribution in [1.29, 1.82) is 0 Å². The molecule has 0 bridgehead atoms. The molecule has 1 heterocycles. The van der Waals surface area contributed by atoms with Gasteiger partial charge in [0, 0.05) is 19.5 Å². The quantitative estimate of drug-likeness (QED) is 0.754. The lowest BCUT2D eigenvalue weighted by Gasteiger charge is -2.31. The highest BCUT2D eigenvalue weighted by Crippen LogP contribution is 2.30. The lowest BCUT2D eigenvalue weighted by molar-refractivity contribution is -0.151.